The molecule has 94 valence electrons. The van der Waals surface area contributed by atoms with E-state index in [-0.39, 0.29) is 6.04 Å². The van der Waals surface area contributed by atoms with Crippen molar-refractivity contribution in [2.75, 3.05) is 27.2 Å². The Labute approximate surface area is 104 Å². The third-order valence-electron chi connectivity index (χ3n) is 3.26. The molecule has 0 aliphatic heterocycles. The lowest BCUT2D eigenvalue weighted by Crippen LogP contribution is -2.15. The first-order valence-electron chi connectivity index (χ1n) is 6.33. The van der Waals surface area contributed by atoms with Crippen LogP contribution in [0.4, 0.5) is 0 Å². The molecular weight excluding hydrogens is 212 g/mol. The number of nitrogens with zero attached hydrogens (tertiary/aromatic N) is 1. The first-order chi connectivity index (χ1) is 8.16. The Balaban J connectivity index is 1.86. The first kappa shape index (κ1) is 12.4. The summed E-state index contributed by atoms with van der Waals surface area (Å²) in [6, 6.07) is 6.54. The Bertz CT molecular complexity index is 376. The summed E-state index contributed by atoms with van der Waals surface area (Å²) in [5, 5.41) is 0. The van der Waals surface area contributed by atoms with E-state index in [2.05, 4.69) is 31.1 Å². The zero-order valence-corrected chi connectivity index (χ0v) is 10.8. The van der Waals surface area contributed by atoms with E-state index >= 15 is 0 Å². The van der Waals surface area contributed by atoms with Crippen molar-refractivity contribution in [3.63, 3.8) is 0 Å². The van der Waals surface area contributed by atoms with Gasteiger partial charge < -0.3 is 15.4 Å². The summed E-state index contributed by atoms with van der Waals surface area (Å²) in [6.07, 6.45) is 3.22. The topological polar surface area (TPSA) is 38.5 Å². The van der Waals surface area contributed by atoms with E-state index in [1.807, 2.05) is 6.07 Å². The van der Waals surface area contributed by atoms with E-state index in [1.165, 1.54) is 11.1 Å². The molecule has 1 aromatic rings. The third kappa shape index (κ3) is 3.20. The van der Waals surface area contributed by atoms with Gasteiger partial charge in [-0.1, -0.05) is 6.07 Å². The maximum atomic E-state index is 6.01. The van der Waals surface area contributed by atoms with Gasteiger partial charge in [-0.3, -0.25) is 0 Å². The molecule has 0 bridgehead atoms. The van der Waals surface area contributed by atoms with Crippen molar-refractivity contribution in [1.29, 1.82) is 0 Å². The van der Waals surface area contributed by atoms with Crippen LogP contribution in [-0.4, -0.2) is 32.1 Å². The zero-order valence-electron chi connectivity index (χ0n) is 10.8. The van der Waals surface area contributed by atoms with Gasteiger partial charge in [0.15, 0.2) is 0 Å². The predicted molar refractivity (Wildman–Crippen MR) is 70.4 cm³/mol. The lowest BCUT2D eigenvalue weighted by atomic mass is 10.1. The van der Waals surface area contributed by atoms with Gasteiger partial charge in [-0.25, -0.2) is 0 Å². The lowest BCUT2D eigenvalue weighted by molar-refractivity contribution is 0.281. The van der Waals surface area contributed by atoms with Crippen molar-refractivity contribution in [3.8, 4) is 5.75 Å². The Morgan fingerprint density at radius 1 is 1.41 bits per heavy atom. The predicted octanol–water partition coefficient (Wildman–Crippen LogP) is 1.96. The molecule has 1 aromatic carbocycles. The molecule has 1 aliphatic rings. The summed E-state index contributed by atoms with van der Waals surface area (Å²) < 4.78 is 5.75. The molecule has 1 unspecified atom stereocenters. The van der Waals surface area contributed by atoms with Crippen LogP contribution >= 0.6 is 0 Å². The molecule has 0 amide bonds. The monoisotopic (exact) mass is 234 g/mol. The summed E-state index contributed by atoms with van der Waals surface area (Å²) >= 11 is 0. The smallest absolute Gasteiger partial charge is 0.119 e. The van der Waals surface area contributed by atoms with Gasteiger partial charge in [-0.15, -0.1) is 0 Å². The van der Waals surface area contributed by atoms with E-state index in [4.69, 9.17) is 10.5 Å². The Morgan fingerprint density at radius 2 is 2.24 bits per heavy atom. The molecular formula is C14H22N2O. The van der Waals surface area contributed by atoms with E-state index in [0.29, 0.717) is 0 Å². The number of rotatable bonds is 5. The fourth-order valence-corrected chi connectivity index (χ4v) is 2.29. The molecule has 2 rings (SSSR count). The van der Waals surface area contributed by atoms with Gasteiger partial charge in [-0.2, -0.15) is 0 Å². The number of nitrogens with two attached hydrogens (primary N) is 1. The molecule has 2 N–H and O–H groups in total. The number of hydrogen-bond donors (Lipinski definition) is 1. The van der Waals surface area contributed by atoms with Gasteiger partial charge in [0, 0.05) is 12.6 Å². The highest BCUT2D eigenvalue weighted by Gasteiger charge is 2.18. The van der Waals surface area contributed by atoms with Crippen molar-refractivity contribution in [2.45, 2.75) is 25.3 Å². The molecule has 0 radical (unpaired) electrons. The highest BCUT2D eigenvalue weighted by Crippen LogP contribution is 2.31. The Hall–Kier alpha value is -1.06. The second-order valence-electron chi connectivity index (χ2n) is 5.01. The molecule has 1 aliphatic carbocycles. The number of aryl methyl sites for hydroxylation is 1. The van der Waals surface area contributed by atoms with Crippen LogP contribution in [0.1, 0.15) is 30.0 Å². The second kappa shape index (κ2) is 5.52. The molecule has 0 heterocycles. The molecule has 0 saturated heterocycles. The second-order valence-corrected chi connectivity index (χ2v) is 5.01. The van der Waals surface area contributed by atoms with Crippen molar-refractivity contribution in [2.24, 2.45) is 5.73 Å². The maximum absolute atomic E-state index is 6.01. The quantitative estimate of drug-likeness (QED) is 0.792. The van der Waals surface area contributed by atoms with Gasteiger partial charge in [0.05, 0.1) is 6.61 Å². The molecule has 1 atom stereocenters. The van der Waals surface area contributed by atoms with E-state index in [0.717, 1.165) is 38.2 Å². The number of hydrogen-bond acceptors (Lipinski definition) is 3. The molecule has 0 fully saturated rings. The minimum absolute atomic E-state index is 0.229. The fourth-order valence-electron chi connectivity index (χ4n) is 2.29. The molecule has 0 saturated carbocycles. The highest BCUT2D eigenvalue weighted by molar-refractivity contribution is 5.40. The SMILES string of the molecule is CN(C)CCCOc1ccc2c(c1)CCC2N. The number of benzene rings is 1. The average Bonchev–Trinajstić information content (AvgIpc) is 2.66. The van der Waals surface area contributed by atoms with Gasteiger partial charge in [0.25, 0.3) is 0 Å². The van der Waals surface area contributed by atoms with Crippen LogP contribution in [0.5, 0.6) is 5.75 Å². The molecule has 0 spiro atoms. The largest absolute Gasteiger partial charge is 0.494 e. The Kier molecular flexibility index (Phi) is 4.02. The van der Waals surface area contributed by atoms with Gasteiger partial charge in [0.1, 0.15) is 5.75 Å². The zero-order chi connectivity index (χ0) is 12.3. The van der Waals surface area contributed by atoms with Crippen molar-refractivity contribution < 1.29 is 4.74 Å². The summed E-state index contributed by atoms with van der Waals surface area (Å²) in [5.41, 5.74) is 8.67. The van der Waals surface area contributed by atoms with Crippen molar-refractivity contribution in [3.05, 3.63) is 29.3 Å². The summed E-state index contributed by atoms with van der Waals surface area (Å²) in [5.74, 6) is 0.983. The van der Waals surface area contributed by atoms with Crippen molar-refractivity contribution >= 4 is 0 Å². The van der Waals surface area contributed by atoms with E-state index in [1.54, 1.807) is 0 Å². The number of fused-ring (bicyclic) bond motifs is 1. The first-order valence-corrected chi connectivity index (χ1v) is 6.33. The average molecular weight is 234 g/mol. The summed E-state index contributed by atoms with van der Waals surface area (Å²) in [6.45, 7) is 1.85. The maximum Gasteiger partial charge on any atom is 0.119 e. The van der Waals surface area contributed by atoms with Gasteiger partial charge in [-0.05, 0) is 56.6 Å². The van der Waals surface area contributed by atoms with Crippen molar-refractivity contribution in [1.82, 2.24) is 4.90 Å². The minimum Gasteiger partial charge on any atom is -0.494 e. The number of ether oxygens (including phenoxy) is 1. The van der Waals surface area contributed by atoms with Gasteiger partial charge in [0.2, 0.25) is 0 Å². The lowest BCUT2D eigenvalue weighted by Gasteiger charge is -2.11. The van der Waals surface area contributed by atoms with Crippen LogP contribution in [-0.2, 0) is 6.42 Å². The van der Waals surface area contributed by atoms with Crippen LogP contribution in [0, 0.1) is 0 Å². The minimum atomic E-state index is 0.229. The van der Waals surface area contributed by atoms with E-state index in [9.17, 15) is 0 Å². The summed E-state index contributed by atoms with van der Waals surface area (Å²) in [4.78, 5) is 2.17. The third-order valence-corrected chi connectivity index (χ3v) is 3.26. The normalized spacial score (nSPS) is 18.5. The highest BCUT2D eigenvalue weighted by atomic mass is 16.5. The van der Waals surface area contributed by atoms with Crippen LogP contribution in [0.3, 0.4) is 0 Å². The molecule has 3 heteroatoms. The molecule has 3 nitrogen and oxygen atoms in total. The molecule has 0 aromatic heterocycles. The van der Waals surface area contributed by atoms with Crippen LogP contribution in [0.15, 0.2) is 18.2 Å². The van der Waals surface area contributed by atoms with Gasteiger partial charge >= 0.3 is 0 Å². The standard InChI is InChI=1S/C14H22N2O/c1-16(2)8-3-9-17-12-5-6-13-11(10-12)4-7-14(13)15/h5-6,10,14H,3-4,7-9,15H2,1-2H3. The van der Waals surface area contributed by atoms with Crippen LogP contribution in [0.2, 0.25) is 0 Å². The van der Waals surface area contributed by atoms with Crippen LogP contribution in [0.25, 0.3) is 0 Å². The van der Waals surface area contributed by atoms with Crippen LogP contribution < -0.4 is 10.5 Å². The fraction of sp³-hybridized carbons (Fsp3) is 0.571. The Morgan fingerprint density at radius 3 is 3.00 bits per heavy atom. The van der Waals surface area contributed by atoms with E-state index < -0.39 is 0 Å². The summed E-state index contributed by atoms with van der Waals surface area (Å²) in [7, 11) is 4.16. The molecule has 17 heavy (non-hydrogen) atoms.